The predicted octanol–water partition coefficient (Wildman–Crippen LogP) is 2.17. The third-order valence-corrected chi connectivity index (χ3v) is 3.99. The van der Waals surface area contributed by atoms with Crippen molar-refractivity contribution in [2.75, 3.05) is 23.9 Å². The van der Waals surface area contributed by atoms with Crippen molar-refractivity contribution in [1.29, 1.82) is 0 Å². The van der Waals surface area contributed by atoms with Crippen LogP contribution in [-0.2, 0) is 4.79 Å². The van der Waals surface area contributed by atoms with E-state index in [2.05, 4.69) is 15.3 Å². The topological polar surface area (TPSA) is 87.3 Å². The van der Waals surface area contributed by atoms with Gasteiger partial charge < -0.3 is 19.9 Å². The van der Waals surface area contributed by atoms with E-state index < -0.39 is 0 Å². The zero-order valence-corrected chi connectivity index (χ0v) is 12.9. The van der Waals surface area contributed by atoms with E-state index >= 15 is 0 Å². The number of nitrogens with one attached hydrogen (secondary N) is 2. The van der Waals surface area contributed by atoms with Gasteiger partial charge in [0.1, 0.15) is 5.75 Å². The maximum Gasteiger partial charge on any atom is 0.264 e. The number of hydrogen-bond donors (Lipinski definition) is 2. The smallest absolute Gasteiger partial charge is 0.264 e. The normalized spacial score (nSPS) is 13.5. The van der Waals surface area contributed by atoms with Crippen LogP contribution in [-0.4, -0.2) is 35.4 Å². The molecule has 7 heteroatoms. The molecular formula is C17H14N4O3. The number of carbonyl (C=O) groups excluding carboxylic acids is 2. The fourth-order valence-corrected chi connectivity index (χ4v) is 2.63. The Bertz CT molecular complexity index is 963. The molecule has 0 aliphatic carbocycles. The number of aromatic nitrogens is 2. The number of carbonyl (C=O) groups is 2. The minimum atomic E-state index is -0.239. The van der Waals surface area contributed by atoms with Crippen LogP contribution in [0.15, 0.2) is 42.7 Å². The van der Waals surface area contributed by atoms with Gasteiger partial charge >= 0.3 is 0 Å². The number of anilines is 2. The second kappa shape index (κ2) is 5.38. The molecule has 24 heavy (non-hydrogen) atoms. The molecule has 0 bridgehead atoms. The van der Waals surface area contributed by atoms with Crippen LogP contribution in [0.25, 0.3) is 11.0 Å². The second-order valence-electron chi connectivity index (χ2n) is 5.51. The van der Waals surface area contributed by atoms with Gasteiger partial charge in [-0.05, 0) is 36.4 Å². The number of aromatic amines is 1. The van der Waals surface area contributed by atoms with Crippen molar-refractivity contribution < 1.29 is 14.3 Å². The zero-order valence-electron chi connectivity index (χ0n) is 12.9. The highest BCUT2D eigenvalue weighted by molar-refractivity contribution is 6.06. The third-order valence-electron chi connectivity index (χ3n) is 3.99. The number of rotatable bonds is 2. The van der Waals surface area contributed by atoms with Crippen LogP contribution in [0.5, 0.6) is 5.75 Å². The lowest BCUT2D eigenvalue weighted by Gasteiger charge is -2.26. The van der Waals surface area contributed by atoms with E-state index in [-0.39, 0.29) is 18.4 Å². The molecule has 1 aromatic heterocycles. The van der Waals surface area contributed by atoms with E-state index in [0.29, 0.717) is 22.7 Å². The molecule has 7 nitrogen and oxygen atoms in total. The van der Waals surface area contributed by atoms with E-state index in [1.807, 2.05) is 0 Å². The lowest BCUT2D eigenvalue weighted by molar-refractivity contribution is -0.120. The number of amides is 2. The summed E-state index contributed by atoms with van der Waals surface area (Å²) in [7, 11) is 1.68. The molecule has 2 N–H and O–H groups in total. The van der Waals surface area contributed by atoms with Gasteiger partial charge in [0.15, 0.2) is 6.61 Å². The first-order valence-electron chi connectivity index (χ1n) is 7.40. The SMILES string of the molecule is CN1C(=O)COc2ccc(NC(=O)c3ccc4nc[nH]c4c3)cc21. The summed E-state index contributed by atoms with van der Waals surface area (Å²) in [4.78, 5) is 32.8. The van der Waals surface area contributed by atoms with Crippen LogP contribution in [0.4, 0.5) is 11.4 Å². The summed E-state index contributed by atoms with van der Waals surface area (Å²) in [5.74, 6) is 0.252. The van der Waals surface area contributed by atoms with Crippen molar-refractivity contribution in [3.8, 4) is 5.75 Å². The van der Waals surface area contributed by atoms with Gasteiger partial charge in [0, 0.05) is 18.3 Å². The molecule has 0 spiro atoms. The average Bonchev–Trinajstić information content (AvgIpc) is 3.06. The van der Waals surface area contributed by atoms with Crippen LogP contribution in [0.2, 0.25) is 0 Å². The quantitative estimate of drug-likeness (QED) is 0.757. The summed E-state index contributed by atoms with van der Waals surface area (Å²) in [5, 5.41) is 2.83. The monoisotopic (exact) mass is 322 g/mol. The molecule has 2 amide bonds. The maximum absolute atomic E-state index is 12.4. The minimum Gasteiger partial charge on any atom is -0.482 e. The van der Waals surface area contributed by atoms with Crippen molar-refractivity contribution in [3.63, 3.8) is 0 Å². The average molecular weight is 322 g/mol. The number of likely N-dealkylation sites (N-methyl/N-ethyl adjacent to an activating group) is 1. The fraction of sp³-hybridized carbons (Fsp3) is 0.118. The molecule has 1 aliphatic heterocycles. The Morgan fingerprint density at radius 2 is 2.17 bits per heavy atom. The number of ether oxygens (including phenoxy) is 1. The molecule has 0 saturated carbocycles. The highest BCUT2D eigenvalue weighted by Crippen LogP contribution is 2.33. The number of benzene rings is 2. The summed E-state index contributed by atoms with van der Waals surface area (Å²) >= 11 is 0. The van der Waals surface area contributed by atoms with Crippen LogP contribution in [0.1, 0.15) is 10.4 Å². The molecule has 0 unspecified atom stereocenters. The van der Waals surface area contributed by atoms with Gasteiger partial charge in [0.25, 0.3) is 11.8 Å². The first-order valence-corrected chi connectivity index (χ1v) is 7.40. The van der Waals surface area contributed by atoms with Crippen LogP contribution < -0.4 is 15.0 Å². The van der Waals surface area contributed by atoms with E-state index in [4.69, 9.17) is 4.74 Å². The molecule has 0 saturated heterocycles. The summed E-state index contributed by atoms with van der Waals surface area (Å²) in [5.41, 5.74) is 3.34. The minimum absolute atomic E-state index is 0.0272. The Morgan fingerprint density at radius 3 is 3.04 bits per heavy atom. The number of fused-ring (bicyclic) bond motifs is 2. The van der Waals surface area contributed by atoms with Crippen molar-refractivity contribution in [2.24, 2.45) is 0 Å². The Morgan fingerprint density at radius 1 is 1.29 bits per heavy atom. The number of H-pyrrole nitrogens is 1. The standard InChI is InChI=1S/C17H14N4O3/c1-21-14-7-11(3-5-15(14)24-8-16(21)22)20-17(23)10-2-4-12-13(6-10)19-9-18-12/h2-7,9H,8H2,1H3,(H,18,19)(H,20,23). The van der Waals surface area contributed by atoms with Gasteiger partial charge in [0.05, 0.1) is 23.0 Å². The molecule has 2 heterocycles. The van der Waals surface area contributed by atoms with Gasteiger partial charge in [-0.15, -0.1) is 0 Å². The molecule has 120 valence electrons. The second-order valence-corrected chi connectivity index (χ2v) is 5.51. The molecule has 4 rings (SSSR count). The summed E-state index contributed by atoms with van der Waals surface area (Å²) in [6.45, 7) is 0.0272. The molecule has 0 fully saturated rings. The molecule has 2 aromatic carbocycles. The van der Waals surface area contributed by atoms with Gasteiger partial charge in [0.2, 0.25) is 0 Å². The summed E-state index contributed by atoms with van der Waals surface area (Å²) in [6.07, 6.45) is 1.59. The Hall–Kier alpha value is -3.35. The highest BCUT2D eigenvalue weighted by atomic mass is 16.5. The van der Waals surface area contributed by atoms with Crippen LogP contribution >= 0.6 is 0 Å². The van der Waals surface area contributed by atoms with Gasteiger partial charge in [-0.2, -0.15) is 0 Å². The maximum atomic E-state index is 12.4. The first kappa shape index (κ1) is 14.3. The first-order chi connectivity index (χ1) is 11.6. The largest absolute Gasteiger partial charge is 0.482 e. The third kappa shape index (κ3) is 2.36. The van der Waals surface area contributed by atoms with Gasteiger partial charge in [-0.3, -0.25) is 9.59 Å². The van der Waals surface area contributed by atoms with Crippen LogP contribution in [0, 0.1) is 0 Å². The van der Waals surface area contributed by atoms with Crippen molar-refractivity contribution in [1.82, 2.24) is 9.97 Å². The van der Waals surface area contributed by atoms with Crippen molar-refractivity contribution in [2.45, 2.75) is 0 Å². The zero-order chi connectivity index (χ0) is 16.7. The van der Waals surface area contributed by atoms with Crippen molar-refractivity contribution >= 4 is 34.2 Å². The Labute approximate surface area is 137 Å². The van der Waals surface area contributed by atoms with Crippen molar-refractivity contribution in [3.05, 3.63) is 48.3 Å². The number of imidazole rings is 1. The van der Waals surface area contributed by atoms with E-state index in [0.717, 1.165) is 11.0 Å². The lowest BCUT2D eigenvalue weighted by Crippen LogP contribution is -2.35. The molecule has 0 radical (unpaired) electrons. The Kier molecular flexibility index (Phi) is 3.19. The van der Waals surface area contributed by atoms with E-state index in [9.17, 15) is 9.59 Å². The van der Waals surface area contributed by atoms with Gasteiger partial charge in [-0.25, -0.2) is 4.98 Å². The molecular weight excluding hydrogens is 308 g/mol. The predicted molar refractivity (Wildman–Crippen MR) is 89.4 cm³/mol. The van der Waals surface area contributed by atoms with E-state index in [1.165, 1.54) is 4.90 Å². The molecule has 3 aromatic rings. The number of nitrogens with zero attached hydrogens (tertiary/aromatic N) is 2. The molecule has 1 aliphatic rings. The van der Waals surface area contributed by atoms with E-state index in [1.54, 1.807) is 49.8 Å². The number of hydrogen-bond acceptors (Lipinski definition) is 4. The highest BCUT2D eigenvalue weighted by Gasteiger charge is 2.22. The van der Waals surface area contributed by atoms with Crippen LogP contribution in [0.3, 0.4) is 0 Å². The summed E-state index contributed by atoms with van der Waals surface area (Å²) < 4.78 is 5.38. The fourth-order valence-electron chi connectivity index (χ4n) is 2.63. The molecule has 0 atom stereocenters. The summed E-state index contributed by atoms with van der Waals surface area (Å²) in [6, 6.07) is 10.5. The van der Waals surface area contributed by atoms with Gasteiger partial charge in [-0.1, -0.05) is 0 Å². The Balaban J connectivity index is 1.60. The lowest BCUT2D eigenvalue weighted by atomic mass is 10.1.